The molecule has 3 heteroatoms. The predicted octanol–water partition coefficient (Wildman–Crippen LogP) is 2.21. The van der Waals surface area contributed by atoms with Crippen molar-refractivity contribution >= 4 is 24.2 Å². The summed E-state index contributed by atoms with van der Waals surface area (Å²) in [6.07, 6.45) is 2.56. The van der Waals surface area contributed by atoms with Gasteiger partial charge in [-0.3, -0.25) is 4.98 Å². The highest BCUT2D eigenvalue weighted by atomic mass is 35.5. The average Bonchev–Trinajstić information content (AvgIpc) is 1.95. The Morgan fingerprint density at radius 3 is 2.80 bits per heavy atom. The van der Waals surface area contributed by atoms with Crippen molar-refractivity contribution in [1.82, 2.24) is 4.98 Å². The number of nitrogens with zero attached hydrogens (tertiary/aromatic N) is 1. The Labute approximate surface area is 70.8 Å². The minimum atomic E-state index is 0.683. The SMILES string of the molecule is SCCc1ccc(Cl)cn1. The molecule has 0 atom stereocenters. The molecule has 0 bridgehead atoms. The third kappa shape index (κ3) is 2.20. The van der Waals surface area contributed by atoms with Crippen LogP contribution < -0.4 is 0 Å². The second-order valence-corrected chi connectivity index (χ2v) is 2.83. The van der Waals surface area contributed by atoms with Gasteiger partial charge in [-0.1, -0.05) is 11.6 Å². The van der Waals surface area contributed by atoms with Crippen LogP contribution in [0, 0.1) is 0 Å². The van der Waals surface area contributed by atoms with E-state index in [4.69, 9.17) is 11.6 Å². The summed E-state index contributed by atoms with van der Waals surface area (Å²) in [5, 5.41) is 0.683. The molecule has 0 aliphatic rings. The summed E-state index contributed by atoms with van der Waals surface area (Å²) < 4.78 is 0. The third-order valence-corrected chi connectivity index (χ3v) is 1.60. The van der Waals surface area contributed by atoms with E-state index in [-0.39, 0.29) is 0 Å². The Bertz CT molecular complexity index is 197. The van der Waals surface area contributed by atoms with Gasteiger partial charge in [0.1, 0.15) is 0 Å². The fourth-order valence-electron chi connectivity index (χ4n) is 0.669. The second kappa shape index (κ2) is 3.84. The van der Waals surface area contributed by atoms with Gasteiger partial charge in [0.2, 0.25) is 0 Å². The number of hydrogen-bond donors (Lipinski definition) is 1. The first-order chi connectivity index (χ1) is 4.83. The normalized spacial score (nSPS) is 9.80. The zero-order valence-electron chi connectivity index (χ0n) is 5.42. The number of hydrogen-bond acceptors (Lipinski definition) is 2. The smallest absolute Gasteiger partial charge is 0.0589 e. The molecule has 0 fully saturated rings. The van der Waals surface area contributed by atoms with E-state index in [0.29, 0.717) is 5.02 Å². The van der Waals surface area contributed by atoms with Crippen molar-refractivity contribution in [2.45, 2.75) is 6.42 Å². The van der Waals surface area contributed by atoms with Crippen LogP contribution in [0.2, 0.25) is 5.02 Å². The van der Waals surface area contributed by atoms with Crippen LogP contribution in [0.1, 0.15) is 5.69 Å². The number of pyridine rings is 1. The first-order valence-electron chi connectivity index (χ1n) is 3.04. The molecule has 0 amide bonds. The van der Waals surface area contributed by atoms with Gasteiger partial charge in [0.25, 0.3) is 0 Å². The lowest BCUT2D eigenvalue weighted by atomic mass is 10.3. The van der Waals surface area contributed by atoms with Crippen LogP contribution in [0.4, 0.5) is 0 Å². The monoisotopic (exact) mass is 173 g/mol. The molecular formula is C7H8ClNS. The highest BCUT2D eigenvalue weighted by molar-refractivity contribution is 7.80. The van der Waals surface area contributed by atoms with E-state index in [2.05, 4.69) is 17.6 Å². The van der Waals surface area contributed by atoms with Crippen molar-refractivity contribution in [1.29, 1.82) is 0 Å². The maximum atomic E-state index is 5.63. The van der Waals surface area contributed by atoms with Crippen LogP contribution in [0.15, 0.2) is 18.3 Å². The molecule has 1 heterocycles. The third-order valence-electron chi connectivity index (χ3n) is 1.16. The summed E-state index contributed by atoms with van der Waals surface area (Å²) >= 11 is 9.72. The first kappa shape index (κ1) is 7.89. The largest absolute Gasteiger partial charge is 0.260 e. The minimum absolute atomic E-state index is 0.683. The van der Waals surface area contributed by atoms with Crippen LogP contribution in [0.3, 0.4) is 0 Å². The fraction of sp³-hybridized carbons (Fsp3) is 0.286. The quantitative estimate of drug-likeness (QED) is 0.677. The number of halogens is 1. The minimum Gasteiger partial charge on any atom is -0.260 e. The van der Waals surface area contributed by atoms with Crippen LogP contribution in [-0.2, 0) is 6.42 Å². The summed E-state index contributed by atoms with van der Waals surface area (Å²) in [6.45, 7) is 0. The van der Waals surface area contributed by atoms with Crippen molar-refractivity contribution in [2.24, 2.45) is 0 Å². The molecule has 0 unspecified atom stereocenters. The Morgan fingerprint density at radius 2 is 2.30 bits per heavy atom. The highest BCUT2D eigenvalue weighted by Crippen LogP contribution is 2.06. The van der Waals surface area contributed by atoms with Gasteiger partial charge in [-0.05, 0) is 24.3 Å². The molecule has 0 radical (unpaired) electrons. The summed E-state index contributed by atoms with van der Waals surface area (Å²) in [7, 11) is 0. The first-order valence-corrected chi connectivity index (χ1v) is 4.05. The van der Waals surface area contributed by atoms with E-state index in [1.807, 2.05) is 12.1 Å². The Hall–Kier alpha value is -0.210. The van der Waals surface area contributed by atoms with Gasteiger partial charge < -0.3 is 0 Å². The summed E-state index contributed by atoms with van der Waals surface area (Å²) in [6, 6.07) is 3.76. The molecule has 1 aromatic rings. The molecule has 1 nitrogen and oxygen atoms in total. The van der Waals surface area contributed by atoms with Gasteiger partial charge in [-0.15, -0.1) is 0 Å². The average molecular weight is 174 g/mol. The number of aryl methyl sites for hydroxylation is 1. The van der Waals surface area contributed by atoms with Crippen molar-refractivity contribution in [3.8, 4) is 0 Å². The van der Waals surface area contributed by atoms with Crippen molar-refractivity contribution in [3.63, 3.8) is 0 Å². The highest BCUT2D eigenvalue weighted by Gasteiger charge is 1.91. The lowest BCUT2D eigenvalue weighted by molar-refractivity contribution is 1.05. The topological polar surface area (TPSA) is 12.9 Å². The Balaban J connectivity index is 2.69. The van der Waals surface area contributed by atoms with Gasteiger partial charge in [0.15, 0.2) is 0 Å². The van der Waals surface area contributed by atoms with Crippen LogP contribution in [0.5, 0.6) is 0 Å². The molecule has 0 aromatic carbocycles. The van der Waals surface area contributed by atoms with Crippen molar-refractivity contribution < 1.29 is 0 Å². The van der Waals surface area contributed by atoms with E-state index in [1.54, 1.807) is 6.20 Å². The number of aromatic nitrogens is 1. The van der Waals surface area contributed by atoms with Gasteiger partial charge in [0, 0.05) is 11.9 Å². The van der Waals surface area contributed by atoms with E-state index in [1.165, 1.54) is 0 Å². The molecule has 0 saturated heterocycles. The molecule has 0 spiro atoms. The van der Waals surface area contributed by atoms with Gasteiger partial charge in [0.05, 0.1) is 5.02 Å². The molecule has 1 rings (SSSR count). The Kier molecular flexibility index (Phi) is 3.03. The Morgan fingerprint density at radius 1 is 1.50 bits per heavy atom. The molecule has 0 aliphatic heterocycles. The van der Waals surface area contributed by atoms with Crippen molar-refractivity contribution in [3.05, 3.63) is 29.0 Å². The number of thiol groups is 1. The number of rotatable bonds is 2. The van der Waals surface area contributed by atoms with E-state index in [9.17, 15) is 0 Å². The lowest BCUT2D eigenvalue weighted by Crippen LogP contribution is -1.88. The maximum Gasteiger partial charge on any atom is 0.0589 e. The lowest BCUT2D eigenvalue weighted by Gasteiger charge is -1.94. The second-order valence-electron chi connectivity index (χ2n) is 1.94. The van der Waals surface area contributed by atoms with Crippen molar-refractivity contribution in [2.75, 3.05) is 5.75 Å². The molecule has 0 saturated carbocycles. The van der Waals surface area contributed by atoms with E-state index in [0.717, 1.165) is 17.9 Å². The molecule has 0 aliphatic carbocycles. The van der Waals surface area contributed by atoms with Gasteiger partial charge in [-0.25, -0.2) is 0 Å². The van der Waals surface area contributed by atoms with Gasteiger partial charge in [-0.2, -0.15) is 12.6 Å². The molecule has 10 heavy (non-hydrogen) atoms. The zero-order valence-corrected chi connectivity index (χ0v) is 7.07. The zero-order chi connectivity index (χ0) is 7.40. The van der Waals surface area contributed by atoms with Gasteiger partial charge >= 0.3 is 0 Å². The fourth-order valence-corrected chi connectivity index (χ4v) is 1.01. The van der Waals surface area contributed by atoms with E-state index >= 15 is 0 Å². The van der Waals surface area contributed by atoms with Crippen LogP contribution in [0.25, 0.3) is 0 Å². The summed E-state index contributed by atoms with van der Waals surface area (Å²) in [5.41, 5.74) is 1.04. The standard InChI is InChI=1S/C7H8ClNS/c8-6-1-2-7(3-4-10)9-5-6/h1-2,5,10H,3-4H2. The molecular weight excluding hydrogens is 166 g/mol. The predicted molar refractivity (Wildman–Crippen MR) is 46.8 cm³/mol. The molecule has 1 aromatic heterocycles. The maximum absolute atomic E-state index is 5.63. The summed E-state index contributed by atoms with van der Waals surface area (Å²) in [4.78, 5) is 4.09. The van der Waals surface area contributed by atoms with Crippen LogP contribution in [-0.4, -0.2) is 10.7 Å². The summed E-state index contributed by atoms with van der Waals surface area (Å²) in [5.74, 6) is 0.828. The van der Waals surface area contributed by atoms with Crippen LogP contribution >= 0.6 is 24.2 Å². The molecule has 0 N–H and O–H groups in total. The van der Waals surface area contributed by atoms with E-state index < -0.39 is 0 Å². The molecule has 54 valence electrons.